The summed E-state index contributed by atoms with van der Waals surface area (Å²) in [6.45, 7) is 2.47. The van der Waals surface area contributed by atoms with Crippen molar-refractivity contribution in [2.24, 2.45) is 0 Å². The van der Waals surface area contributed by atoms with Gasteiger partial charge in [0.25, 0.3) is 0 Å². The van der Waals surface area contributed by atoms with Crippen molar-refractivity contribution < 1.29 is 19.1 Å². The Balaban J connectivity index is 2.15. The average molecular weight is 307 g/mol. The fraction of sp³-hybridized carbons (Fsp3) is 0.333. The molecule has 0 saturated carbocycles. The third-order valence-electron chi connectivity index (χ3n) is 2.91. The van der Waals surface area contributed by atoms with Crippen LogP contribution in [0.4, 0.5) is 0 Å². The van der Waals surface area contributed by atoms with Crippen molar-refractivity contribution in [2.75, 3.05) is 19.5 Å². The zero-order valence-corrected chi connectivity index (χ0v) is 12.8. The molecule has 1 aliphatic rings. The SMILES string of the molecule is CCOC(=O)/C=C1\SCC(=O)N1Cc1cccc(OC)c1. The van der Waals surface area contributed by atoms with E-state index in [1.54, 1.807) is 18.9 Å². The van der Waals surface area contributed by atoms with Gasteiger partial charge in [0.15, 0.2) is 0 Å². The molecule has 0 unspecified atom stereocenters. The molecule has 1 aromatic carbocycles. The van der Waals surface area contributed by atoms with Crippen LogP contribution in [0, 0.1) is 0 Å². The van der Waals surface area contributed by atoms with Crippen molar-refractivity contribution in [2.45, 2.75) is 13.5 Å². The van der Waals surface area contributed by atoms with Crippen LogP contribution in [-0.2, 0) is 20.9 Å². The summed E-state index contributed by atoms with van der Waals surface area (Å²) in [6.07, 6.45) is 1.37. The molecular formula is C15H17NO4S. The molecule has 0 bridgehead atoms. The highest BCUT2D eigenvalue weighted by molar-refractivity contribution is 8.04. The van der Waals surface area contributed by atoms with E-state index in [-0.39, 0.29) is 5.91 Å². The van der Waals surface area contributed by atoms with Gasteiger partial charge in [0.1, 0.15) is 5.75 Å². The summed E-state index contributed by atoms with van der Waals surface area (Å²) < 4.78 is 10.1. The summed E-state index contributed by atoms with van der Waals surface area (Å²) >= 11 is 1.35. The number of carbonyl (C=O) groups is 2. The second-order valence-corrected chi connectivity index (χ2v) is 5.35. The molecule has 2 rings (SSSR count). The molecule has 1 saturated heterocycles. The molecule has 21 heavy (non-hydrogen) atoms. The monoisotopic (exact) mass is 307 g/mol. The summed E-state index contributed by atoms with van der Waals surface area (Å²) in [4.78, 5) is 25.1. The van der Waals surface area contributed by atoms with Gasteiger partial charge >= 0.3 is 5.97 Å². The van der Waals surface area contributed by atoms with Crippen LogP contribution in [0.1, 0.15) is 12.5 Å². The van der Waals surface area contributed by atoms with E-state index in [1.165, 1.54) is 17.8 Å². The Labute approximate surface area is 127 Å². The number of methoxy groups -OCH3 is 1. The average Bonchev–Trinajstić information content (AvgIpc) is 2.81. The van der Waals surface area contributed by atoms with E-state index in [2.05, 4.69) is 0 Å². The fourth-order valence-corrected chi connectivity index (χ4v) is 2.87. The third kappa shape index (κ3) is 4.01. The zero-order valence-electron chi connectivity index (χ0n) is 12.0. The molecule has 1 fully saturated rings. The molecule has 1 aliphatic heterocycles. The van der Waals surface area contributed by atoms with Crippen molar-refractivity contribution >= 4 is 23.6 Å². The van der Waals surface area contributed by atoms with E-state index in [1.807, 2.05) is 24.3 Å². The molecule has 0 atom stereocenters. The number of nitrogens with zero attached hydrogens (tertiary/aromatic N) is 1. The normalized spacial score (nSPS) is 16.4. The summed E-state index contributed by atoms with van der Waals surface area (Å²) in [5, 5.41) is 0.626. The molecule has 6 heteroatoms. The Morgan fingerprint density at radius 2 is 2.29 bits per heavy atom. The van der Waals surface area contributed by atoms with E-state index < -0.39 is 5.97 Å². The van der Waals surface area contributed by atoms with Crippen LogP contribution in [0.3, 0.4) is 0 Å². The standard InChI is InChI=1S/C15H17NO4S/c1-3-20-15(18)8-14-16(13(17)10-21-14)9-11-5-4-6-12(7-11)19-2/h4-8H,3,9-10H2,1-2H3/b14-8-. The Morgan fingerprint density at radius 3 is 3.00 bits per heavy atom. The lowest BCUT2D eigenvalue weighted by molar-refractivity contribution is -0.137. The lowest BCUT2D eigenvalue weighted by Gasteiger charge is -2.17. The van der Waals surface area contributed by atoms with Crippen LogP contribution in [0.25, 0.3) is 0 Å². The predicted molar refractivity (Wildman–Crippen MR) is 80.7 cm³/mol. The number of rotatable bonds is 5. The number of ether oxygens (including phenoxy) is 2. The first-order valence-corrected chi connectivity index (χ1v) is 7.57. The minimum atomic E-state index is -0.426. The molecule has 0 radical (unpaired) electrons. The van der Waals surface area contributed by atoms with Gasteiger partial charge in [0.2, 0.25) is 5.91 Å². The molecule has 0 spiro atoms. The number of benzene rings is 1. The first kappa shape index (κ1) is 15.4. The molecule has 0 aromatic heterocycles. The minimum Gasteiger partial charge on any atom is -0.497 e. The minimum absolute atomic E-state index is 0.0154. The Kier molecular flexibility index (Phi) is 5.27. The maximum absolute atomic E-state index is 12.0. The van der Waals surface area contributed by atoms with Crippen molar-refractivity contribution in [1.82, 2.24) is 4.90 Å². The van der Waals surface area contributed by atoms with Crippen LogP contribution in [0.15, 0.2) is 35.4 Å². The van der Waals surface area contributed by atoms with Gasteiger partial charge in [0.05, 0.1) is 37.1 Å². The summed E-state index contributed by atoms with van der Waals surface area (Å²) in [5.74, 6) is 0.640. The highest BCUT2D eigenvalue weighted by Gasteiger charge is 2.27. The topological polar surface area (TPSA) is 55.8 Å². The van der Waals surface area contributed by atoms with Gasteiger partial charge < -0.3 is 14.4 Å². The van der Waals surface area contributed by atoms with Gasteiger partial charge in [-0.2, -0.15) is 0 Å². The van der Waals surface area contributed by atoms with Gasteiger partial charge in [-0.05, 0) is 24.6 Å². The summed E-state index contributed by atoms with van der Waals surface area (Å²) in [7, 11) is 1.60. The molecule has 5 nitrogen and oxygen atoms in total. The second-order valence-electron chi connectivity index (χ2n) is 4.35. The number of hydrogen-bond acceptors (Lipinski definition) is 5. The Bertz CT molecular complexity index is 571. The van der Waals surface area contributed by atoms with Crippen molar-refractivity contribution in [3.63, 3.8) is 0 Å². The van der Waals surface area contributed by atoms with Gasteiger partial charge in [0, 0.05) is 0 Å². The number of thioether (sulfide) groups is 1. The van der Waals surface area contributed by atoms with Crippen molar-refractivity contribution in [3.05, 3.63) is 40.9 Å². The summed E-state index contributed by atoms with van der Waals surface area (Å²) in [6, 6.07) is 7.51. The third-order valence-corrected chi connectivity index (χ3v) is 3.94. The zero-order chi connectivity index (χ0) is 15.2. The molecule has 1 heterocycles. The van der Waals surface area contributed by atoms with Crippen molar-refractivity contribution in [1.29, 1.82) is 0 Å². The van der Waals surface area contributed by atoms with Gasteiger partial charge in [-0.25, -0.2) is 4.79 Å². The quantitative estimate of drug-likeness (QED) is 0.616. The lowest BCUT2D eigenvalue weighted by Crippen LogP contribution is -2.24. The molecule has 112 valence electrons. The van der Waals surface area contributed by atoms with E-state index in [4.69, 9.17) is 9.47 Å². The predicted octanol–water partition coefficient (Wildman–Crippen LogP) is 2.18. The van der Waals surface area contributed by atoms with Crippen LogP contribution >= 0.6 is 11.8 Å². The molecule has 0 N–H and O–H groups in total. The highest BCUT2D eigenvalue weighted by Crippen LogP contribution is 2.30. The van der Waals surface area contributed by atoms with Gasteiger partial charge in [-0.3, -0.25) is 4.79 Å². The highest BCUT2D eigenvalue weighted by atomic mass is 32.2. The molecule has 0 aliphatic carbocycles. The second kappa shape index (κ2) is 7.17. The van der Waals surface area contributed by atoms with Crippen LogP contribution in [0.5, 0.6) is 5.75 Å². The van der Waals surface area contributed by atoms with Gasteiger partial charge in [-0.15, -0.1) is 0 Å². The molecule has 1 amide bonds. The van der Waals surface area contributed by atoms with Crippen LogP contribution in [0.2, 0.25) is 0 Å². The van der Waals surface area contributed by atoms with Gasteiger partial charge in [-0.1, -0.05) is 23.9 Å². The lowest BCUT2D eigenvalue weighted by atomic mass is 10.2. The van der Waals surface area contributed by atoms with E-state index in [0.717, 1.165) is 11.3 Å². The Morgan fingerprint density at radius 1 is 1.48 bits per heavy atom. The maximum Gasteiger partial charge on any atom is 0.333 e. The summed E-state index contributed by atoms with van der Waals surface area (Å²) in [5.41, 5.74) is 0.944. The number of hydrogen-bond donors (Lipinski definition) is 0. The number of amides is 1. The van der Waals surface area contributed by atoms with E-state index in [9.17, 15) is 9.59 Å². The fourth-order valence-electron chi connectivity index (χ4n) is 1.94. The first-order valence-electron chi connectivity index (χ1n) is 6.58. The number of carbonyl (C=O) groups excluding carboxylic acids is 2. The molecular weight excluding hydrogens is 290 g/mol. The largest absolute Gasteiger partial charge is 0.497 e. The smallest absolute Gasteiger partial charge is 0.333 e. The molecule has 1 aromatic rings. The van der Waals surface area contributed by atoms with Crippen molar-refractivity contribution in [3.8, 4) is 5.75 Å². The first-order chi connectivity index (χ1) is 10.1. The van der Waals surface area contributed by atoms with E-state index in [0.29, 0.717) is 23.9 Å². The van der Waals surface area contributed by atoms with Crippen LogP contribution in [-0.4, -0.2) is 36.2 Å². The van der Waals surface area contributed by atoms with E-state index >= 15 is 0 Å². The van der Waals surface area contributed by atoms with Crippen LogP contribution < -0.4 is 4.74 Å². The Hall–Kier alpha value is -1.95. The maximum atomic E-state index is 12.0. The number of esters is 1.